The number of rotatable bonds is 2. The minimum Gasteiger partial charge on any atom is -0.466 e. The van der Waals surface area contributed by atoms with E-state index >= 15 is 0 Å². The Morgan fingerprint density at radius 2 is 1.89 bits per heavy atom. The van der Waals surface area contributed by atoms with Gasteiger partial charge in [0.15, 0.2) is 5.43 Å². The zero-order valence-electron chi connectivity index (χ0n) is 10.9. The minimum absolute atomic E-state index is 0.0206. The maximum atomic E-state index is 11.2. The molecule has 1 N–H and O–H groups in total. The summed E-state index contributed by atoms with van der Waals surface area (Å²) in [5, 5.41) is 0. The van der Waals surface area contributed by atoms with Crippen molar-refractivity contribution in [1.82, 2.24) is 4.98 Å². The molecule has 18 heavy (non-hydrogen) atoms. The van der Waals surface area contributed by atoms with Crippen molar-refractivity contribution in [2.75, 3.05) is 6.61 Å². The summed E-state index contributed by atoms with van der Waals surface area (Å²) in [5.74, 6) is 0.232. The summed E-state index contributed by atoms with van der Waals surface area (Å²) < 4.78 is 4.94. The van der Waals surface area contributed by atoms with Crippen LogP contribution in [-0.2, 0) is 9.53 Å². The number of hydrogen-bond donors (Lipinski definition) is 1. The maximum Gasteiger partial charge on any atom is 0.308 e. The number of H-pyrrole nitrogens is 1. The fourth-order valence-electron chi connectivity index (χ4n) is 1.97. The summed E-state index contributed by atoms with van der Waals surface area (Å²) in [6.45, 7) is 2.38. The summed E-state index contributed by atoms with van der Waals surface area (Å²) in [7, 11) is 0. The predicted molar refractivity (Wildman–Crippen MR) is 70.3 cm³/mol. The van der Waals surface area contributed by atoms with E-state index in [1.807, 2.05) is 6.92 Å². The number of nitrogens with one attached hydrogen (secondary N) is 1. The minimum atomic E-state index is 0.0206. The lowest BCUT2D eigenvalue weighted by atomic mass is 9.89. The zero-order valence-corrected chi connectivity index (χ0v) is 10.9. The molecule has 1 heterocycles. The first kappa shape index (κ1) is 14.5. The number of carbonyl (C=O) groups is 1. The van der Waals surface area contributed by atoms with Gasteiger partial charge in [0.25, 0.3) is 0 Å². The van der Waals surface area contributed by atoms with Crippen LogP contribution < -0.4 is 5.43 Å². The van der Waals surface area contributed by atoms with Gasteiger partial charge in [0.2, 0.25) is 0 Å². The molecule has 4 heteroatoms. The van der Waals surface area contributed by atoms with Crippen LogP contribution >= 0.6 is 0 Å². The van der Waals surface area contributed by atoms with Crippen LogP contribution in [0.25, 0.3) is 0 Å². The topological polar surface area (TPSA) is 59.2 Å². The van der Waals surface area contributed by atoms with Crippen LogP contribution in [-0.4, -0.2) is 17.6 Å². The monoisotopic (exact) mass is 251 g/mol. The third-order valence-electron chi connectivity index (χ3n) is 2.91. The average molecular weight is 251 g/mol. The molecule has 0 atom stereocenters. The second-order valence-corrected chi connectivity index (χ2v) is 4.32. The maximum absolute atomic E-state index is 11.2. The fraction of sp³-hybridized carbons (Fsp3) is 0.571. The molecule has 4 nitrogen and oxygen atoms in total. The van der Waals surface area contributed by atoms with E-state index in [1.165, 1.54) is 31.4 Å². The highest BCUT2D eigenvalue weighted by atomic mass is 16.5. The molecule has 0 unspecified atom stereocenters. The van der Waals surface area contributed by atoms with Gasteiger partial charge in [-0.2, -0.15) is 0 Å². The van der Waals surface area contributed by atoms with Crippen LogP contribution in [0.1, 0.15) is 39.0 Å². The van der Waals surface area contributed by atoms with E-state index in [9.17, 15) is 9.59 Å². The Morgan fingerprint density at radius 3 is 2.33 bits per heavy atom. The SMILES string of the molecule is CCOC(=O)C1CCCCC1.O=c1cc[nH]cc1. The number of carbonyl (C=O) groups excluding carboxylic acids is 1. The van der Waals surface area contributed by atoms with Gasteiger partial charge in [-0.3, -0.25) is 9.59 Å². The van der Waals surface area contributed by atoms with Gasteiger partial charge >= 0.3 is 5.97 Å². The number of hydrogen-bond acceptors (Lipinski definition) is 3. The van der Waals surface area contributed by atoms with Crippen molar-refractivity contribution in [3.63, 3.8) is 0 Å². The normalized spacial score (nSPS) is 15.4. The van der Waals surface area contributed by atoms with Crippen molar-refractivity contribution in [2.45, 2.75) is 39.0 Å². The van der Waals surface area contributed by atoms with E-state index in [0.717, 1.165) is 12.8 Å². The zero-order chi connectivity index (χ0) is 13.2. The molecule has 1 aromatic heterocycles. The number of pyridine rings is 1. The molecule has 0 aromatic carbocycles. The van der Waals surface area contributed by atoms with Crippen LogP contribution in [0.5, 0.6) is 0 Å². The van der Waals surface area contributed by atoms with Crippen molar-refractivity contribution < 1.29 is 9.53 Å². The first-order valence-corrected chi connectivity index (χ1v) is 6.53. The van der Waals surface area contributed by atoms with E-state index < -0.39 is 0 Å². The molecule has 0 spiro atoms. The van der Waals surface area contributed by atoms with Gasteiger partial charge in [-0.05, 0) is 19.8 Å². The summed E-state index contributed by atoms with van der Waals surface area (Å²) in [6.07, 6.45) is 8.96. The molecule has 100 valence electrons. The van der Waals surface area contributed by atoms with Crippen LogP contribution in [0.3, 0.4) is 0 Å². The number of ether oxygens (including phenoxy) is 1. The van der Waals surface area contributed by atoms with E-state index in [2.05, 4.69) is 4.98 Å². The molecule has 0 radical (unpaired) electrons. The second-order valence-electron chi connectivity index (χ2n) is 4.32. The fourth-order valence-corrected chi connectivity index (χ4v) is 1.97. The highest BCUT2D eigenvalue weighted by molar-refractivity contribution is 5.72. The molecule has 1 aromatic rings. The molecule has 2 rings (SSSR count). The Labute approximate surface area is 107 Å². The van der Waals surface area contributed by atoms with Crippen LogP contribution in [0.15, 0.2) is 29.3 Å². The Kier molecular flexibility index (Phi) is 6.84. The second kappa shape index (κ2) is 8.50. The lowest BCUT2D eigenvalue weighted by Crippen LogP contribution is -2.20. The van der Waals surface area contributed by atoms with E-state index in [4.69, 9.17) is 4.74 Å². The van der Waals surface area contributed by atoms with E-state index in [-0.39, 0.29) is 17.3 Å². The average Bonchev–Trinajstić information content (AvgIpc) is 2.42. The Bertz CT molecular complexity index is 377. The van der Waals surface area contributed by atoms with Crippen molar-refractivity contribution >= 4 is 5.97 Å². The quantitative estimate of drug-likeness (QED) is 0.821. The van der Waals surface area contributed by atoms with Crippen molar-refractivity contribution in [3.05, 3.63) is 34.7 Å². The Hall–Kier alpha value is -1.58. The summed E-state index contributed by atoms with van der Waals surface area (Å²) >= 11 is 0. The first-order chi connectivity index (χ1) is 8.74. The molecule has 1 saturated carbocycles. The smallest absolute Gasteiger partial charge is 0.308 e. The molecule has 0 bridgehead atoms. The van der Waals surface area contributed by atoms with Gasteiger partial charge in [-0.15, -0.1) is 0 Å². The van der Waals surface area contributed by atoms with Gasteiger partial charge in [-0.25, -0.2) is 0 Å². The van der Waals surface area contributed by atoms with Gasteiger partial charge in [0, 0.05) is 24.5 Å². The molecular weight excluding hydrogens is 230 g/mol. The molecule has 0 aliphatic heterocycles. The lowest BCUT2D eigenvalue weighted by molar-refractivity contribution is -0.149. The molecule has 1 aliphatic carbocycles. The molecule has 1 aliphatic rings. The summed E-state index contributed by atoms with van der Waals surface area (Å²) in [6, 6.07) is 2.94. The highest BCUT2D eigenvalue weighted by Gasteiger charge is 2.21. The molecule has 1 fully saturated rings. The Morgan fingerprint density at radius 1 is 1.28 bits per heavy atom. The Balaban J connectivity index is 0.000000199. The number of aromatic amines is 1. The van der Waals surface area contributed by atoms with Gasteiger partial charge in [-0.1, -0.05) is 19.3 Å². The largest absolute Gasteiger partial charge is 0.466 e. The third kappa shape index (κ3) is 5.66. The van der Waals surface area contributed by atoms with Crippen LogP contribution in [0.4, 0.5) is 0 Å². The van der Waals surface area contributed by atoms with Crippen LogP contribution in [0.2, 0.25) is 0 Å². The van der Waals surface area contributed by atoms with E-state index in [1.54, 1.807) is 12.4 Å². The van der Waals surface area contributed by atoms with Gasteiger partial charge in [0.05, 0.1) is 12.5 Å². The lowest BCUT2D eigenvalue weighted by Gasteiger charge is -2.19. The number of aromatic nitrogens is 1. The van der Waals surface area contributed by atoms with Crippen molar-refractivity contribution in [2.24, 2.45) is 5.92 Å². The number of esters is 1. The molecular formula is C14H21NO3. The van der Waals surface area contributed by atoms with Gasteiger partial charge in [0.1, 0.15) is 0 Å². The summed E-state index contributed by atoms with van der Waals surface area (Å²) in [5.41, 5.74) is 0.0405. The van der Waals surface area contributed by atoms with Crippen molar-refractivity contribution in [1.29, 1.82) is 0 Å². The van der Waals surface area contributed by atoms with Gasteiger partial charge < -0.3 is 9.72 Å². The highest BCUT2D eigenvalue weighted by Crippen LogP contribution is 2.24. The summed E-state index contributed by atoms with van der Waals surface area (Å²) in [4.78, 5) is 24.2. The standard InChI is InChI=1S/C9H16O2.C5H5NO/c1-2-11-9(10)8-6-4-3-5-7-8;7-5-1-3-6-4-2-5/h8H,2-7H2,1H3;1-4H,(H,6,7). The van der Waals surface area contributed by atoms with Crippen molar-refractivity contribution in [3.8, 4) is 0 Å². The predicted octanol–water partition coefficient (Wildman–Crippen LogP) is 2.50. The van der Waals surface area contributed by atoms with Crippen LogP contribution in [0, 0.1) is 5.92 Å². The van der Waals surface area contributed by atoms with E-state index in [0.29, 0.717) is 6.61 Å². The third-order valence-corrected chi connectivity index (χ3v) is 2.91. The first-order valence-electron chi connectivity index (χ1n) is 6.53. The molecule has 0 amide bonds. The molecule has 0 saturated heterocycles.